The number of rotatable bonds is 4. The SMILES string of the molecule is Cc1ccc(-c2ccc(SCc3ccccc3F)nn2)cc1. The van der Waals surface area contributed by atoms with Crippen LogP contribution < -0.4 is 0 Å². The molecule has 0 spiro atoms. The maximum Gasteiger partial charge on any atom is 0.127 e. The average molecular weight is 310 g/mol. The molecule has 0 amide bonds. The molecule has 3 aromatic rings. The molecule has 0 aliphatic heterocycles. The van der Waals surface area contributed by atoms with Crippen molar-refractivity contribution in [3.05, 3.63) is 77.6 Å². The highest BCUT2D eigenvalue weighted by Gasteiger charge is 2.04. The van der Waals surface area contributed by atoms with Crippen molar-refractivity contribution in [3.63, 3.8) is 0 Å². The van der Waals surface area contributed by atoms with Crippen LogP contribution in [0.4, 0.5) is 4.39 Å². The normalized spacial score (nSPS) is 10.6. The van der Waals surface area contributed by atoms with Crippen LogP contribution in [0.3, 0.4) is 0 Å². The van der Waals surface area contributed by atoms with E-state index in [1.807, 2.05) is 30.3 Å². The Labute approximate surface area is 133 Å². The molecule has 0 saturated carbocycles. The number of aromatic nitrogens is 2. The Bertz CT molecular complexity index is 755. The highest BCUT2D eigenvalue weighted by molar-refractivity contribution is 7.98. The third-order valence-corrected chi connectivity index (χ3v) is 4.29. The Hall–Kier alpha value is -2.20. The molecule has 22 heavy (non-hydrogen) atoms. The summed E-state index contributed by atoms with van der Waals surface area (Å²) in [5.74, 6) is 0.366. The second-order valence-electron chi connectivity index (χ2n) is 5.00. The van der Waals surface area contributed by atoms with Crippen molar-refractivity contribution >= 4 is 11.8 Å². The first-order valence-electron chi connectivity index (χ1n) is 6.99. The first kappa shape index (κ1) is 14.7. The lowest BCUT2D eigenvalue weighted by molar-refractivity contribution is 0.617. The molecular formula is C18H15FN2S. The van der Waals surface area contributed by atoms with E-state index in [1.54, 1.807) is 12.1 Å². The van der Waals surface area contributed by atoms with Gasteiger partial charge in [0.2, 0.25) is 0 Å². The molecular weight excluding hydrogens is 295 g/mol. The molecule has 2 nitrogen and oxygen atoms in total. The van der Waals surface area contributed by atoms with Gasteiger partial charge in [-0.25, -0.2) is 4.39 Å². The molecule has 0 aliphatic carbocycles. The molecule has 0 fully saturated rings. The highest BCUT2D eigenvalue weighted by atomic mass is 32.2. The second-order valence-corrected chi connectivity index (χ2v) is 6.00. The quantitative estimate of drug-likeness (QED) is 0.642. The van der Waals surface area contributed by atoms with Gasteiger partial charge in [-0.1, -0.05) is 59.8 Å². The molecule has 4 heteroatoms. The summed E-state index contributed by atoms with van der Waals surface area (Å²) in [5, 5.41) is 9.25. The molecule has 0 saturated heterocycles. The predicted molar refractivity (Wildman–Crippen MR) is 88.2 cm³/mol. The second kappa shape index (κ2) is 6.71. The Morgan fingerprint density at radius 1 is 0.909 bits per heavy atom. The van der Waals surface area contributed by atoms with Crippen LogP contribution in [-0.4, -0.2) is 10.2 Å². The minimum Gasteiger partial charge on any atom is -0.207 e. The standard InChI is InChI=1S/C18H15FN2S/c1-13-6-8-14(9-7-13)17-10-11-18(21-20-17)22-12-15-4-2-3-5-16(15)19/h2-11H,12H2,1H3. The van der Waals surface area contributed by atoms with E-state index in [9.17, 15) is 4.39 Å². The first-order valence-corrected chi connectivity index (χ1v) is 7.98. The van der Waals surface area contributed by atoms with Crippen molar-refractivity contribution in [2.75, 3.05) is 0 Å². The van der Waals surface area contributed by atoms with Crippen LogP contribution in [0.2, 0.25) is 0 Å². The van der Waals surface area contributed by atoms with Gasteiger partial charge in [0.25, 0.3) is 0 Å². The van der Waals surface area contributed by atoms with Crippen LogP contribution in [0.15, 0.2) is 65.7 Å². The van der Waals surface area contributed by atoms with Gasteiger partial charge in [0.05, 0.1) is 5.69 Å². The Morgan fingerprint density at radius 3 is 2.36 bits per heavy atom. The Balaban J connectivity index is 1.69. The summed E-state index contributed by atoms with van der Waals surface area (Å²) < 4.78 is 13.6. The third-order valence-electron chi connectivity index (χ3n) is 3.32. The summed E-state index contributed by atoms with van der Waals surface area (Å²) in [7, 11) is 0. The third kappa shape index (κ3) is 3.52. The fourth-order valence-corrected chi connectivity index (χ4v) is 2.84. The van der Waals surface area contributed by atoms with Gasteiger partial charge in [0.15, 0.2) is 0 Å². The van der Waals surface area contributed by atoms with Crippen molar-refractivity contribution in [2.45, 2.75) is 17.7 Å². The number of benzene rings is 2. The number of halogens is 1. The van der Waals surface area contributed by atoms with Crippen molar-refractivity contribution < 1.29 is 4.39 Å². The molecule has 0 radical (unpaired) electrons. The maximum atomic E-state index is 13.6. The molecule has 1 heterocycles. The smallest absolute Gasteiger partial charge is 0.127 e. The molecule has 0 atom stereocenters. The highest BCUT2D eigenvalue weighted by Crippen LogP contribution is 2.24. The molecule has 0 bridgehead atoms. The largest absolute Gasteiger partial charge is 0.207 e. The zero-order chi connectivity index (χ0) is 15.4. The lowest BCUT2D eigenvalue weighted by Gasteiger charge is -2.04. The molecule has 1 aromatic heterocycles. The topological polar surface area (TPSA) is 25.8 Å². The van der Waals surface area contributed by atoms with Crippen molar-refractivity contribution in [1.82, 2.24) is 10.2 Å². The summed E-state index contributed by atoms with van der Waals surface area (Å²) in [6.45, 7) is 2.05. The molecule has 0 aliphatic rings. The Kier molecular flexibility index (Phi) is 4.49. The predicted octanol–water partition coefficient (Wildman–Crippen LogP) is 4.88. The fraction of sp³-hybridized carbons (Fsp3) is 0.111. The summed E-state index contributed by atoms with van der Waals surface area (Å²) in [4.78, 5) is 0. The summed E-state index contributed by atoms with van der Waals surface area (Å²) >= 11 is 1.48. The number of hydrogen-bond donors (Lipinski definition) is 0. The van der Waals surface area contributed by atoms with E-state index in [1.165, 1.54) is 23.4 Å². The van der Waals surface area contributed by atoms with Crippen LogP contribution >= 0.6 is 11.8 Å². The fourth-order valence-electron chi connectivity index (χ4n) is 2.04. The molecule has 0 N–H and O–H groups in total. The average Bonchev–Trinajstić information content (AvgIpc) is 2.55. The number of aryl methyl sites for hydroxylation is 1. The summed E-state index contributed by atoms with van der Waals surface area (Å²) in [5.41, 5.74) is 3.78. The van der Waals surface area contributed by atoms with Gasteiger partial charge in [-0.15, -0.1) is 10.2 Å². The van der Waals surface area contributed by atoms with E-state index >= 15 is 0 Å². The monoisotopic (exact) mass is 310 g/mol. The van der Waals surface area contributed by atoms with Gasteiger partial charge in [-0.2, -0.15) is 0 Å². The molecule has 0 unspecified atom stereocenters. The van der Waals surface area contributed by atoms with E-state index < -0.39 is 0 Å². The minimum atomic E-state index is -0.181. The maximum absolute atomic E-state index is 13.6. The van der Waals surface area contributed by atoms with Crippen molar-refractivity contribution in [3.8, 4) is 11.3 Å². The van der Waals surface area contributed by atoms with Crippen molar-refractivity contribution in [2.24, 2.45) is 0 Å². The van der Waals surface area contributed by atoms with E-state index in [0.717, 1.165) is 16.3 Å². The van der Waals surface area contributed by atoms with Gasteiger partial charge in [0, 0.05) is 11.3 Å². The lowest BCUT2D eigenvalue weighted by Crippen LogP contribution is -1.91. The van der Waals surface area contributed by atoms with E-state index in [0.29, 0.717) is 11.3 Å². The molecule has 110 valence electrons. The number of hydrogen-bond acceptors (Lipinski definition) is 3. The summed E-state index contributed by atoms with van der Waals surface area (Å²) in [6.07, 6.45) is 0. The number of thioether (sulfide) groups is 1. The molecule has 2 aromatic carbocycles. The van der Waals surface area contributed by atoms with Gasteiger partial charge in [0.1, 0.15) is 10.8 Å². The van der Waals surface area contributed by atoms with E-state index in [-0.39, 0.29) is 5.82 Å². The van der Waals surface area contributed by atoms with Crippen LogP contribution in [0.5, 0.6) is 0 Å². The van der Waals surface area contributed by atoms with Crippen molar-refractivity contribution in [1.29, 1.82) is 0 Å². The zero-order valence-electron chi connectivity index (χ0n) is 12.2. The van der Waals surface area contributed by atoms with E-state index in [4.69, 9.17) is 0 Å². The van der Waals surface area contributed by atoms with Crippen LogP contribution in [0, 0.1) is 12.7 Å². The minimum absolute atomic E-state index is 0.181. The Morgan fingerprint density at radius 2 is 1.68 bits per heavy atom. The van der Waals surface area contributed by atoms with Gasteiger partial charge >= 0.3 is 0 Å². The summed E-state index contributed by atoms with van der Waals surface area (Å²) in [6, 6.07) is 18.8. The first-order chi connectivity index (χ1) is 10.7. The van der Waals surface area contributed by atoms with Crippen LogP contribution in [0.1, 0.15) is 11.1 Å². The zero-order valence-corrected chi connectivity index (χ0v) is 13.0. The van der Waals surface area contributed by atoms with Gasteiger partial charge in [-0.3, -0.25) is 0 Å². The van der Waals surface area contributed by atoms with Crippen LogP contribution in [0.25, 0.3) is 11.3 Å². The lowest BCUT2D eigenvalue weighted by atomic mass is 10.1. The van der Waals surface area contributed by atoms with Crippen LogP contribution in [-0.2, 0) is 5.75 Å². The molecule has 3 rings (SSSR count). The number of nitrogens with zero attached hydrogens (tertiary/aromatic N) is 2. The van der Waals surface area contributed by atoms with Gasteiger partial charge in [-0.05, 0) is 30.7 Å². The van der Waals surface area contributed by atoms with E-state index in [2.05, 4.69) is 29.3 Å². The van der Waals surface area contributed by atoms with Gasteiger partial charge < -0.3 is 0 Å².